The van der Waals surface area contributed by atoms with Gasteiger partial charge in [0.25, 0.3) is 0 Å². The molecule has 11 rings (SSSR count). The molecule has 0 bridgehead atoms. The Morgan fingerprint density at radius 3 is 1.51 bits per heavy atom. The second-order valence-electron chi connectivity index (χ2n) is 14.7. The summed E-state index contributed by atoms with van der Waals surface area (Å²) in [6.07, 6.45) is 1.46. The topological polar surface area (TPSA) is 67.5 Å². The molecule has 0 aliphatic carbocycles. The summed E-state index contributed by atoms with van der Waals surface area (Å²) in [5.74, 6) is 2.48. The lowest BCUT2D eigenvalue weighted by Crippen LogP contribution is -2.36. The molecule has 3 heterocycles. The van der Waals surface area contributed by atoms with E-state index in [1.807, 2.05) is 36.5 Å². The van der Waals surface area contributed by atoms with Gasteiger partial charge in [-0.3, -0.25) is 9.55 Å². The third kappa shape index (κ3) is 6.24. The van der Waals surface area contributed by atoms with Crippen LogP contribution in [0.5, 0.6) is 0 Å². The zero-order valence-corrected chi connectivity index (χ0v) is 31.9. The molecular formula is C53H36N6. The van der Waals surface area contributed by atoms with Crippen LogP contribution in [-0.4, -0.2) is 26.2 Å². The van der Waals surface area contributed by atoms with Crippen LogP contribution in [0.3, 0.4) is 0 Å². The third-order valence-electron chi connectivity index (χ3n) is 11.1. The summed E-state index contributed by atoms with van der Waals surface area (Å²) in [4.78, 5) is 20.4. The van der Waals surface area contributed by atoms with Crippen molar-refractivity contribution in [3.63, 3.8) is 0 Å². The van der Waals surface area contributed by atoms with Crippen molar-refractivity contribution in [3.05, 3.63) is 223 Å². The highest BCUT2D eigenvalue weighted by molar-refractivity contribution is 6.23. The molecule has 6 nitrogen and oxygen atoms in total. The molecule has 8 aromatic carbocycles. The van der Waals surface area contributed by atoms with Crippen LogP contribution in [0, 0.1) is 0 Å². The molecule has 1 N–H and O–H groups in total. The Morgan fingerprint density at radius 1 is 0.390 bits per heavy atom. The van der Waals surface area contributed by atoms with E-state index in [1.54, 1.807) is 0 Å². The van der Waals surface area contributed by atoms with Gasteiger partial charge >= 0.3 is 0 Å². The summed E-state index contributed by atoms with van der Waals surface area (Å²) >= 11 is 0. The van der Waals surface area contributed by atoms with Gasteiger partial charge in [0.2, 0.25) is 0 Å². The lowest BCUT2D eigenvalue weighted by Gasteiger charge is -2.22. The monoisotopic (exact) mass is 756 g/mol. The van der Waals surface area contributed by atoms with Crippen LogP contribution in [0.25, 0.3) is 72.0 Å². The van der Waals surface area contributed by atoms with Gasteiger partial charge in [-0.1, -0.05) is 176 Å². The number of rotatable bonds is 7. The number of pyridine rings is 1. The number of fused-ring (bicyclic) bond motifs is 6. The molecule has 1 unspecified atom stereocenters. The molecule has 59 heavy (non-hydrogen) atoms. The van der Waals surface area contributed by atoms with Crippen LogP contribution in [0.15, 0.2) is 216 Å². The highest BCUT2D eigenvalue weighted by atomic mass is 15.2. The number of nitrogens with zero attached hydrogens (tertiary/aromatic N) is 5. The van der Waals surface area contributed by atoms with Gasteiger partial charge in [0.05, 0.1) is 16.6 Å². The number of imidazole rings is 1. The average molecular weight is 757 g/mol. The Labute approximate surface area is 341 Å². The third-order valence-corrected chi connectivity index (χ3v) is 11.1. The Balaban J connectivity index is 0.942. The average Bonchev–Trinajstić information content (AvgIpc) is 3.74. The molecule has 1 aliphatic rings. The summed E-state index contributed by atoms with van der Waals surface area (Å²) < 4.78 is 2.30. The molecule has 0 saturated heterocycles. The van der Waals surface area contributed by atoms with E-state index in [2.05, 4.69) is 180 Å². The van der Waals surface area contributed by atoms with Crippen molar-refractivity contribution in [1.29, 1.82) is 0 Å². The molecule has 0 radical (unpaired) electrons. The van der Waals surface area contributed by atoms with Crippen LogP contribution < -0.4 is 5.32 Å². The van der Waals surface area contributed by atoms with Crippen molar-refractivity contribution in [3.8, 4) is 39.3 Å². The van der Waals surface area contributed by atoms with Crippen LogP contribution in [0.1, 0.15) is 22.9 Å². The van der Waals surface area contributed by atoms with E-state index >= 15 is 0 Å². The maximum Gasteiger partial charge on any atom is 0.169 e. The first kappa shape index (κ1) is 34.3. The number of hydrogen-bond donors (Lipinski definition) is 1. The molecule has 0 amide bonds. The van der Waals surface area contributed by atoms with E-state index in [0.29, 0.717) is 0 Å². The minimum Gasteiger partial charge on any atom is -0.324 e. The standard InChI is InChI=1S/C53H36N6/c1-4-13-35(14-5-1)36-22-28-40(29-23-36)51-56-50(39-15-6-2-7-16-39)57-52(58-51)41-30-24-37(25-31-41)38-26-32-42(33-27-38)53-55-48-46-21-12-34-54-47(46)44-19-10-11-20-45(44)49(48)59(53)43-17-8-3-9-18-43/h1-34,52H,(H,56,57,58). The van der Waals surface area contributed by atoms with E-state index in [-0.39, 0.29) is 0 Å². The quantitative estimate of drug-likeness (QED) is 0.165. The maximum atomic E-state index is 5.37. The fraction of sp³-hybridized carbons (Fsp3) is 0.0189. The van der Waals surface area contributed by atoms with Gasteiger partial charge in [-0.25, -0.2) is 15.0 Å². The van der Waals surface area contributed by atoms with Crippen molar-refractivity contribution in [2.75, 3.05) is 0 Å². The molecule has 1 atom stereocenters. The van der Waals surface area contributed by atoms with Gasteiger partial charge in [-0.05, 0) is 52.1 Å². The van der Waals surface area contributed by atoms with Gasteiger partial charge in [0, 0.05) is 44.7 Å². The molecule has 10 aromatic rings. The van der Waals surface area contributed by atoms with Crippen molar-refractivity contribution < 1.29 is 0 Å². The summed E-state index contributed by atoms with van der Waals surface area (Å²) in [6, 6.07) is 69.7. The van der Waals surface area contributed by atoms with Gasteiger partial charge in [0.1, 0.15) is 17.5 Å². The van der Waals surface area contributed by atoms with Gasteiger partial charge < -0.3 is 5.32 Å². The molecule has 278 valence electrons. The highest BCUT2D eigenvalue weighted by Gasteiger charge is 2.22. The normalized spacial score (nSPS) is 13.9. The molecule has 0 saturated carbocycles. The number of aromatic nitrogens is 3. The summed E-state index contributed by atoms with van der Waals surface area (Å²) in [5.41, 5.74) is 12.7. The summed E-state index contributed by atoms with van der Waals surface area (Å²) in [5, 5.41) is 6.81. The molecule has 2 aromatic heterocycles. The SMILES string of the molecule is c1ccc(C2=NC(c3ccc(-c4ccc(-c5nc6c7cccnc7c7ccccc7c6n5-c5ccccc5)cc4)cc3)N=C(c3ccc(-c4ccccc4)cc3)N2)cc1. The minimum absolute atomic E-state index is 0.403. The number of aliphatic imine (C=N–C) groups is 2. The fourth-order valence-corrected chi connectivity index (χ4v) is 8.18. The van der Waals surface area contributed by atoms with E-state index in [0.717, 1.165) is 94.8 Å². The highest BCUT2D eigenvalue weighted by Crippen LogP contribution is 2.39. The maximum absolute atomic E-state index is 5.37. The summed E-state index contributed by atoms with van der Waals surface area (Å²) in [7, 11) is 0. The smallest absolute Gasteiger partial charge is 0.169 e. The predicted octanol–water partition coefficient (Wildman–Crippen LogP) is 12.2. The van der Waals surface area contributed by atoms with E-state index in [9.17, 15) is 0 Å². The van der Waals surface area contributed by atoms with Crippen LogP contribution in [0.2, 0.25) is 0 Å². The number of benzene rings is 8. The largest absolute Gasteiger partial charge is 0.324 e. The number of para-hydroxylation sites is 1. The van der Waals surface area contributed by atoms with Crippen molar-refractivity contribution >= 4 is 44.4 Å². The van der Waals surface area contributed by atoms with Crippen LogP contribution >= 0.6 is 0 Å². The zero-order valence-electron chi connectivity index (χ0n) is 31.9. The molecule has 6 heteroatoms. The number of nitrogens with one attached hydrogen (secondary N) is 1. The molecule has 0 fully saturated rings. The van der Waals surface area contributed by atoms with Gasteiger partial charge in [-0.15, -0.1) is 0 Å². The second kappa shape index (κ2) is 14.5. The van der Waals surface area contributed by atoms with E-state index in [1.165, 1.54) is 5.56 Å². The molecule has 1 aliphatic heterocycles. The molecule has 0 spiro atoms. The van der Waals surface area contributed by atoms with Gasteiger partial charge in [-0.2, -0.15) is 0 Å². The zero-order chi connectivity index (χ0) is 39.1. The minimum atomic E-state index is -0.403. The lowest BCUT2D eigenvalue weighted by atomic mass is 10.0. The van der Waals surface area contributed by atoms with E-state index in [4.69, 9.17) is 20.0 Å². The Kier molecular flexibility index (Phi) is 8.44. The van der Waals surface area contributed by atoms with Crippen molar-refractivity contribution in [2.45, 2.75) is 6.17 Å². The second-order valence-corrected chi connectivity index (χ2v) is 14.7. The molecular weight excluding hydrogens is 721 g/mol. The van der Waals surface area contributed by atoms with Crippen LogP contribution in [0.4, 0.5) is 0 Å². The van der Waals surface area contributed by atoms with Crippen molar-refractivity contribution in [2.24, 2.45) is 9.98 Å². The number of amidine groups is 2. The Hall–Kier alpha value is -7.96. The predicted molar refractivity (Wildman–Crippen MR) is 242 cm³/mol. The first-order chi connectivity index (χ1) is 29.2. The summed E-state index contributed by atoms with van der Waals surface area (Å²) in [6.45, 7) is 0. The van der Waals surface area contributed by atoms with E-state index < -0.39 is 6.17 Å². The first-order valence-corrected chi connectivity index (χ1v) is 19.8. The fourth-order valence-electron chi connectivity index (χ4n) is 8.18. The van der Waals surface area contributed by atoms with Gasteiger partial charge in [0.15, 0.2) is 6.17 Å². The Bertz CT molecular complexity index is 3190. The van der Waals surface area contributed by atoms with Crippen molar-refractivity contribution in [1.82, 2.24) is 19.9 Å². The van der Waals surface area contributed by atoms with Crippen LogP contribution in [-0.2, 0) is 0 Å². The lowest BCUT2D eigenvalue weighted by molar-refractivity contribution is 0.756. The Morgan fingerprint density at radius 2 is 0.864 bits per heavy atom. The first-order valence-electron chi connectivity index (χ1n) is 19.8. The number of hydrogen-bond acceptors (Lipinski definition) is 5.